The van der Waals surface area contributed by atoms with Crippen LogP contribution in [0, 0.1) is 28.1 Å². The summed E-state index contributed by atoms with van der Waals surface area (Å²) in [5.41, 5.74) is 3.15. The lowest BCUT2D eigenvalue weighted by Crippen LogP contribution is -2.50. The Morgan fingerprint density at radius 3 is 2.55 bits per heavy atom. The molecule has 2 saturated carbocycles. The van der Waals surface area contributed by atoms with Crippen molar-refractivity contribution in [2.45, 2.75) is 72.6 Å². The van der Waals surface area contributed by atoms with Crippen molar-refractivity contribution in [3.8, 4) is 0 Å². The van der Waals surface area contributed by atoms with Gasteiger partial charge in [-0.1, -0.05) is 51.8 Å². The standard InChI is InChI=1S/C20H32/c1-6-19(4)13-10-16-15(14-19)8-9-17-18(2,3)11-7-12-20(16,17)5/h6,14,16-17H,1,7-13H2,2-5H3/t16-,17-,19+,20?/m1/s1. The van der Waals surface area contributed by atoms with E-state index in [0.717, 1.165) is 11.8 Å². The molecule has 3 rings (SSSR count). The molecule has 0 aliphatic heterocycles. The van der Waals surface area contributed by atoms with Gasteiger partial charge in [-0.15, -0.1) is 6.58 Å². The highest BCUT2D eigenvalue weighted by Gasteiger charge is 2.54. The van der Waals surface area contributed by atoms with Gasteiger partial charge in [0.1, 0.15) is 0 Å². The molecule has 0 amide bonds. The van der Waals surface area contributed by atoms with Crippen LogP contribution in [0.25, 0.3) is 0 Å². The summed E-state index contributed by atoms with van der Waals surface area (Å²) in [7, 11) is 0. The zero-order chi connectivity index (χ0) is 14.6. The van der Waals surface area contributed by atoms with E-state index in [4.69, 9.17) is 0 Å². The van der Waals surface area contributed by atoms with E-state index in [1.807, 2.05) is 0 Å². The van der Waals surface area contributed by atoms with Gasteiger partial charge in [-0.25, -0.2) is 0 Å². The molecule has 3 aliphatic rings. The SMILES string of the molecule is C=C[C@]1(C)C=C2CC[C@@H]3C(C)(C)CCCC3(C)[C@@H]2CC1. The largest absolute Gasteiger partial charge is 0.102 e. The fourth-order valence-electron chi connectivity index (χ4n) is 6.01. The molecule has 0 radical (unpaired) electrons. The second-order valence-corrected chi connectivity index (χ2v) is 8.96. The molecule has 1 unspecified atom stereocenters. The average Bonchev–Trinajstić information content (AvgIpc) is 2.37. The van der Waals surface area contributed by atoms with Crippen molar-refractivity contribution < 1.29 is 0 Å². The van der Waals surface area contributed by atoms with Crippen molar-refractivity contribution in [1.29, 1.82) is 0 Å². The second-order valence-electron chi connectivity index (χ2n) is 8.96. The van der Waals surface area contributed by atoms with Gasteiger partial charge in [0.05, 0.1) is 0 Å². The van der Waals surface area contributed by atoms with Crippen molar-refractivity contribution in [2.75, 3.05) is 0 Å². The van der Waals surface area contributed by atoms with E-state index in [1.165, 1.54) is 44.9 Å². The molecule has 2 fully saturated rings. The molecule has 0 bridgehead atoms. The van der Waals surface area contributed by atoms with E-state index >= 15 is 0 Å². The van der Waals surface area contributed by atoms with Crippen molar-refractivity contribution in [2.24, 2.45) is 28.1 Å². The van der Waals surface area contributed by atoms with Crippen molar-refractivity contribution in [1.82, 2.24) is 0 Å². The summed E-state index contributed by atoms with van der Waals surface area (Å²) >= 11 is 0. The van der Waals surface area contributed by atoms with Crippen LogP contribution in [-0.2, 0) is 0 Å². The van der Waals surface area contributed by atoms with Crippen LogP contribution in [-0.4, -0.2) is 0 Å². The zero-order valence-electron chi connectivity index (χ0n) is 14.0. The van der Waals surface area contributed by atoms with Crippen LogP contribution < -0.4 is 0 Å². The minimum absolute atomic E-state index is 0.263. The Labute approximate surface area is 125 Å². The normalized spacial score (nSPS) is 46.9. The summed E-state index contributed by atoms with van der Waals surface area (Å²) in [6.07, 6.45) is 14.5. The monoisotopic (exact) mass is 272 g/mol. The fourth-order valence-corrected chi connectivity index (χ4v) is 6.01. The van der Waals surface area contributed by atoms with E-state index in [2.05, 4.69) is 46.4 Å². The summed E-state index contributed by atoms with van der Waals surface area (Å²) in [4.78, 5) is 0. The Kier molecular flexibility index (Phi) is 3.23. The maximum absolute atomic E-state index is 4.07. The maximum atomic E-state index is 4.07. The predicted octanol–water partition coefficient (Wildman–Crippen LogP) is 6.14. The molecule has 0 spiro atoms. The molecule has 20 heavy (non-hydrogen) atoms. The Morgan fingerprint density at radius 1 is 1.10 bits per heavy atom. The minimum Gasteiger partial charge on any atom is -0.102 e. The van der Waals surface area contributed by atoms with Crippen LogP contribution in [0.1, 0.15) is 72.6 Å². The first-order valence-electron chi connectivity index (χ1n) is 8.66. The number of rotatable bonds is 1. The summed E-state index contributed by atoms with van der Waals surface area (Å²) < 4.78 is 0. The highest BCUT2D eigenvalue weighted by molar-refractivity contribution is 5.26. The molecule has 0 N–H and O–H groups in total. The lowest BCUT2D eigenvalue weighted by Gasteiger charge is -2.59. The van der Waals surface area contributed by atoms with E-state index in [0.29, 0.717) is 10.8 Å². The molecule has 0 aromatic heterocycles. The average molecular weight is 272 g/mol. The van der Waals surface area contributed by atoms with Gasteiger partial charge in [0.2, 0.25) is 0 Å². The van der Waals surface area contributed by atoms with Crippen molar-refractivity contribution in [3.63, 3.8) is 0 Å². The van der Waals surface area contributed by atoms with Gasteiger partial charge < -0.3 is 0 Å². The Bertz CT molecular complexity index is 441. The predicted molar refractivity (Wildman–Crippen MR) is 87.6 cm³/mol. The van der Waals surface area contributed by atoms with Crippen LogP contribution in [0.5, 0.6) is 0 Å². The molecule has 0 heterocycles. The highest BCUT2D eigenvalue weighted by Crippen LogP contribution is 2.63. The second kappa shape index (κ2) is 4.49. The third kappa shape index (κ3) is 2.02. The van der Waals surface area contributed by atoms with E-state index in [1.54, 1.807) is 5.57 Å². The van der Waals surface area contributed by atoms with Gasteiger partial charge in [0, 0.05) is 5.41 Å². The highest BCUT2D eigenvalue weighted by atomic mass is 14.6. The number of allylic oxidation sites excluding steroid dienone is 3. The van der Waals surface area contributed by atoms with Gasteiger partial charge in [-0.05, 0) is 61.2 Å². The van der Waals surface area contributed by atoms with Crippen LogP contribution in [0.4, 0.5) is 0 Å². The first kappa shape index (κ1) is 14.4. The fraction of sp³-hybridized carbons (Fsp3) is 0.800. The molecule has 0 heteroatoms. The third-order valence-corrected chi connectivity index (χ3v) is 7.19. The van der Waals surface area contributed by atoms with Crippen LogP contribution in [0.15, 0.2) is 24.3 Å². The van der Waals surface area contributed by atoms with Gasteiger partial charge in [0.15, 0.2) is 0 Å². The van der Waals surface area contributed by atoms with Crippen LogP contribution >= 0.6 is 0 Å². The molecular formula is C20H32. The number of fused-ring (bicyclic) bond motifs is 3. The first-order chi connectivity index (χ1) is 9.31. The molecule has 4 atom stereocenters. The zero-order valence-corrected chi connectivity index (χ0v) is 14.0. The minimum atomic E-state index is 0.263. The molecule has 112 valence electrons. The van der Waals surface area contributed by atoms with Crippen molar-refractivity contribution in [3.05, 3.63) is 24.3 Å². The lowest BCUT2D eigenvalue weighted by atomic mass is 9.45. The maximum Gasteiger partial charge on any atom is 0.00330 e. The first-order valence-corrected chi connectivity index (χ1v) is 8.66. The summed E-state index contributed by atoms with van der Waals surface area (Å²) in [5.74, 6) is 1.79. The molecule has 3 aliphatic carbocycles. The molecule has 0 saturated heterocycles. The Hall–Kier alpha value is -0.520. The Morgan fingerprint density at radius 2 is 1.85 bits per heavy atom. The van der Waals surface area contributed by atoms with Crippen LogP contribution in [0.3, 0.4) is 0 Å². The van der Waals surface area contributed by atoms with Gasteiger partial charge in [-0.2, -0.15) is 0 Å². The lowest BCUT2D eigenvalue weighted by molar-refractivity contribution is -0.0587. The molecular weight excluding hydrogens is 240 g/mol. The Balaban J connectivity index is 1.97. The van der Waals surface area contributed by atoms with Gasteiger partial charge in [-0.3, -0.25) is 0 Å². The van der Waals surface area contributed by atoms with E-state index in [9.17, 15) is 0 Å². The quantitative estimate of drug-likeness (QED) is 0.503. The molecule has 0 aromatic carbocycles. The van der Waals surface area contributed by atoms with Gasteiger partial charge >= 0.3 is 0 Å². The van der Waals surface area contributed by atoms with Crippen LogP contribution in [0.2, 0.25) is 0 Å². The molecule has 0 nitrogen and oxygen atoms in total. The smallest absolute Gasteiger partial charge is 0.00330 e. The van der Waals surface area contributed by atoms with Gasteiger partial charge in [0.25, 0.3) is 0 Å². The van der Waals surface area contributed by atoms with Crippen molar-refractivity contribution >= 4 is 0 Å². The number of hydrogen-bond donors (Lipinski definition) is 0. The van der Waals surface area contributed by atoms with E-state index < -0.39 is 0 Å². The number of hydrogen-bond acceptors (Lipinski definition) is 0. The summed E-state index contributed by atoms with van der Waals surface area (Å²) in [6.45, 7) is 14.1. The van der Waals surface area contributed by atoms with E-state index in [-0.39, 0.29) is 5.41 Å². The topological polar surface area (TPSA) is 0 Å². The summed E-state index contributed by atoms with van der Waals surface area (Å²) in [6, 6.07) is 0. The third-order valence-electron chi connectivity index (χ3n) is 7.19. The molecule has 0 aromatic rings. The summed E-state index contributed by atoms with van der Waals surface area (Å²) in [5, 5.41) is 0.